The lowest BCUT2D eigenvalue weighted by Crippen LogP contribution is -2.09. The van der Waals surface area contributed by atoms with Gasteiger partial charge in [0.2, 0.25) is 0 Å². The molecule has 0 aliphatic rings. The lowest BCUT2D eigenvalue weighted by molar-refractivity contribution is 0.0692. The van der Waals surface area contributed by atoms with Crippen molar-refractivity contribution in [3.05, 3.63) is 137 Å². The minimum absolute atomic E-state index is 0.0240. The molecule has 4 aromatic rings. The molecule has 0 saturated heterocycles. The minimum atomic E-state index is -1.14. The van der Waals surface area contributed by atoms with Crippen LogP contribution in [-0.4, -0.2) is 22.6 Å². The first-order chi connectivity index (χ1) is 16.0. The Kier molecular flexibility index (Phi) is 6.41. The van der Waals surface area contributed by atoms with E-state index in [1.54, 1.807) is 72.8 Å². The van der Waals surface area contributed by atoms with Crippen LogP contribution >= 0.6 is 0 Å². The van der Waals surface area contributed by atoms with Gasteiger partial charge in [-0.1, -0.05) is 72.8 Å². The van der Waals surface area contributed by atoms with Gasteiger partial charge in [0.25, 0.3) is 0 Å². The highest BCUT2D eigenvalue weighted by molar-refractivity contribution is 6.14. The Morgan fingerprint density at radius 1 is 0.576 bits per heavy atom. The molecule has 5 nitrogen and oxygen atoms in total. The number of aromatic carboxylic acids is 1. The first-order valence-corrected chi connectivity index (χ1v) is 10.3. The van der Waals surface area contributed by atoms with Crippen LogP contribution in [0.15, 0.2) is 103 Å². The molecule has 5 heteroatoms. The summed E-state index contributed by atoms with van der Waals surface area (Å²) < 4.78 is 5.79. The van der Waals surface area contributed by atoms with E-state index in [2.05, 4.69) is 0 Å². The van der Waals surface area contributed by atoms with Crippen molar-refractivity contribution < 1.29 is 24.2 Å². The van der Waals surface area contributed by atoms with Gasteiger partial charge in [-0.25, -0.2) is 4.79 Å². The number of ketones is 2. The Bertz CT molecular complexity index is 1290. The third kappa shape index (κ3) is 5.05. The molecule has 0 aromatic heterocycles. The Labute approximate surface area is 190 Å². The predicted molar refractivity (Wildman–Crippen MR) is 124 cm³/mol. The van der Waals surface area contributed by atoms with Gasteiger partial charge >= 0.3 is 5.97 Å². The molecule has 0 saturated carbocycles. The molecule has 0 atom stereocenters. The monoisotopic (exact) mass is 436 g/mol. The van der Waals surface area contributed by atoms with Gasteiger partial charge < -0.3 is 9.84 Å². The zero-order chi connectivity index (χ0) is 23.2. The molecule has 0 aliphatic carbocycles. The van der Waals surface area contributed by atoms with Gasteiger partial charge in [0.15, 0.2) is 11.6 Å². The fourth-order valence-corrected chi connectivity index (χ4v) is 3.40. The van der Waals surface area contributed by atoms with E-state index in [9.17, 15) is 19.5 Å². The van der Waals surface area contributed by atoms with Gasteiger partial charge in [-0.3, -0.25) is 9.59 Å². The normalized spacial score (nSPS) is 10.4. The lowest BCUT2D eigenvalue weighted by Gasteiger charge is -2.09. The fourth-order valence-electron chi connectivity index (χ4n) is 3.40. The summed E-state index contributed by atoms with van der Waals surface area (Å²) >= 11 is 0. The summed E-state index contributed by atoms with van der Waals surface area (Å²) in [6.07, 6.45) is 0. The van der Waals surface area contributed by atoms with E-state index < -0.39 is 5.97 Å². The average Bonchev–Trinajstić information content (AvgIpc) is 2.87. The Morgan fingerprint density at radius 2 is 1.09 bits per heavy atom. The molecule has 0 bridgehead atoms. The van der Waals surface area contributed by atoms with Crippen LogP contribution in [0.5, 0.6) is 5.75 Å². The minimum Gasteiger partial charge on any atom is -0.489 e. The number of hydrogen-bond acceptors (Lipinski definition) is 4. The molecule has 162 valence electrons. The quantitative estimate of drug-likeness (QED) is 0.373. The van der Waals surface area contributed by atoms with E-state index in [4.69, 9.17) is 4.74 Å². The Balaban J connectivity index is 1.39. The highest BCUT2D eigenvalue weighted by Crippen LogP contribution is 2.19. The number of hydrogen-bond donors (Lipinski definition) is 1. The summed E-state index contributed by atoms with van der Waals surface area (Å²) in [5.41, 5.74) is 2.59. The van der Waals surface area contributed by atoms with Gasteiger partial charge in [-0.15, -0.1) is 0 Å². The zero-order valence-electron chi connectivity index (χ0n) is 17.6. The molecular weight excluding hydrogens is 416 g/mol. The fraction of sp³-hybridized carbons (Fsp3) is 0.0357. The molecule has 4 rings (SSSR count). The number of carboxylic acid groups (broad SMARTS) is 1. The second kappa shape index (κ2) is 9.75. The maximum absolute atomic E-state index is 12.7. The predicted octanol–water partition coefficient (Wildman–Crippen LogP) is 5.43. The number of carbonyl (C=O) groups excluding carboxylic acids is 2. The van der Waals surface area contributed by atoms with Crippen molar-refractivity contribution in [2.24, 2.45) is 0 Å². The van der Waals surface area contributed by atoms with Gasteiger partial charge in [0, 0.05) is 22.3 Å². The summed E-state index contributed by atoms with van der Waals surface area (Å²) in [6.45, 7) is 0.284. The second-order valence-electron chi connectivity index (χ2n) is 7.38. The third-order valence-corrected chi connectivity index (χ3v) is 5.18. The SMILES string of the molecule is O=C(c1ccccc1)c1ccc(OCc2ccc(C(=O)c3ccccc3C(=O)O)cc2)cc1. The van der Waals surface area contributed by atoms with Crippen LogP contribution in [0, 0.1) is 0 Å². The topological polar surface area (TPSA) is 80.7 Å². The molecule has 33 heavy (non-hydrogen) atoms. The van der Waals surface area contributed by atoms with Crippen molar-refractivity contribution in [3.63, 3.8) is 0 Å². The summed E-state index contributed by atoms with van der Waals surface area (Å²) in [7, 11) is 0. The largest absolute Gasteiger partial charge is 0.489 e. The van der Waals surface area contributed by atoms with E-state index in [1.165, 1.54) is 12.1 Å². The van der Waals surface area contributed by atoms with Gasteiger partial charge in [-0.05, 0) is 35.9 Å². The van der Waals surface area contributed by atoms with Crippen molar-refractivity contribution >= 4 is 17.5 Å². The van der Waals surface area contributed by atoms with Crippen molar-refractivity contribution in [1.82, 2.24) is 0 Å². The smallest absolute Gasteiger partial charge is 0.336 e. The van der Waals surface area contributed by atoms with E-state index in [1.807, 2.05) is 18.2 Å². The molecular formula is C28H20O5. The van der Waals surface area contributed by atoms with E-state index in [0.29, 0.717) is 22.4 Å². The molecule has 0 unspecified atom stereocenters. The summed E-state index contributed by atoms with van der Waals surface area (Å²) in [5, 5.41) is 9.30. The van der Waals surface area contributed by atoms with Gasteiger partial charge in [-0.2, -0.15) is 0 Å². The maximum atomic E-state index is 12.7. The lowest BCUT2D eigenvalue weighted by atomic mass is 9.98. The zero-order valence-corrected chi connectivity index (χ0v) is 17.6. The molecule has 0 amide bonds. The first-order valence-electron chi connectivity index (χ1n) is 10.3. The number of carbonyl (C=O) groups is 3. The molecule has 0 fully saturated rings. The van der Waals surface area contributed by atoms with Crippen molar-refractivity contribution in [1.29, 1.82) is 0 Å². The summed E-state index contributed by atoms with van der Waals surface area (Å²) in [4.78, 5) is 36.6. The van der Waals surface area contributed by atoms with Crippen LogP contribution in [0.25, 0.3) is 0 Å². The molecule has 0 aliphatic heterocycles. The number of carboxylic acids is 1. The van der Waals surface area contributed by atoms with E-state index >= 15 is 0 Å². The average molecular weight is 436 g/mol. The number of benzene rings is 4. The Morgan fingerprint density at radius 3 is 1.73 bits per heavy atom. The van der Waals surface area contributed by atoms with Crippen LogP contribution in [0.3, 0.4) is 0 Å². The van der Waals surface area contributed by atoms with Crippen LogP contribution in [0.2, 0.25) is 0 Å². The van der Waals surface area contributed by atoms with Crippen LogP contribution in [-0.2, 0) is 6.61 Å². The highest BCUT2D eigenvalue weighted by Gasteiger charge is 2.17. The van der Waals surface area contributed by atoms with Crippen molar-refractivity contribution in [2.45, 2.75) is 6.61 Å². The summed E-state index contributed by atoms with van der Waals surface area (Å²) in [5.74, 6) is -0.915. The molecule has 0 heterocycles. The van der Waals surface area contributed by atoms with Gasteiger partial charge in [0.1, 0.15) is 12.4 Å². The second-order valence-corrected chi connectivity index (χ2v) is 7.38. The molecule has 0 radical (unpaired) electrons. The number of ether oxygens (including phenoxy) is 1. The van der Waals surface area contributed by atoms with Crippen LogP contribution < -0.4 is 4.74 Å². The van der Waals surface area contributed by atoms with Gasteiger partial charge in [0.05, 0.1) is 5.56 Å². The van der Waals surface area contributed by atoms with Crippen molar-refractivity contribution in [2.75, 3.05) is 0 Å². The van der Waals surface area contributed by atoms with E-state index in [-0.39, 0.29) is 29.3 Å². The van der Waals surface area contributed by atoms with Crippen LogP contribution in [0.1, 0.15) is 47.8 Å². The molecule has 4 aromatic carbocycles. The van der Waals surface area contributed by atoms with Crippen molar-refractivity contribution in [3.8, 4) is 5.75 Å². The Hall–Kier alpha value is -4.51. The van der Waals surface area contributed by atoms with Crippen LogP contribution in [0.4, 0.5) is 0 Å². The first kappa shape index (κ1) is 21.7. The maximum Gasteiger partial charge on any atom is 0.336 e. The van der Waals surface area contributed by atoms with E-state index in [0.717, 1.165) is 5.56 Å². The highest BCUT2D eigenvalue weighted by atomic mass is 16.5. The standard InChI is InChI=1S/C28H20O5/c29-26(20-6-2-1-3-7-20)21-14-16-23(17-15-21)33-18-19-10-12-22(13-11-19)27(30)24-8-4-5-9-25(24)28(31)32/h1-17H,18H2,(H,31,32). The summed E-state index contributed by atoms with van der Waals surface area (Å²) in [6, 6.07) is 29.0. The number of rotatable bonds is 8. The molecule has 0 spiro atoms. The third-order valence-electron chi connectivity index (χ3n) is 5.18. The molecule has 1 N–H and O–H groups in total.